The van der Waals surface area contributed by atoms with E-state index in [4.69, 9.17) is 4.74 Å². The minimum atomic E-state index is 0.816. The van der Waals surface area contributed by atoms with E-state index >= 15 is 0 Å². The summed E-state index contributed by atoms with van der Waals surface area (Å²) in [6, 6.07) is 9.60. The van der Waals surface area contributed by atoms with Gasteiger partial charge in [0.1, 0.15) is 11.9 Å². The molecule has 14 heavy (non-hydrogen) atoms. The largest absolute Gasteiger partial charge is 0.496 e. The lowest BCUT2D eigenvalue weighted by Gasteiger charge is -2.06. The fourth-order valence-electron chi connectivity index (χ4n) is 1.28. The molecule has 0 aliphatic carbocycles. The van der Waals surface area contributed by atoms with Crippen molar-refractivity contribution in [1.82, 2.24) is 10.2 Å². The number of nitrogens with zero attached hydrogens (tertiary/aromatic N) is 2. The van der Waals surface area contributed by atoms with Crippen LogP contribution in [0.25, 0.3) is 11.1 Å². The van der Waals surface area contributed by atoms with Gasteiger partial charge in [0.25, 0.3) is 0 Å². The molecule has 0 spiro atoms. The van der Waals surface area contributed by atoms with Crippen molar-refractivity contribution in [1.29, 1.82) is 0 Å². The molecule has 0 bridgehead atoms. The van der Waals surface area contributed by atoms with Crippen molar-refractivity contribution in [2.24, 2.45) is 0 Å². The zero-order chi connectivity index (χ0) is 9.80. The Bertz CT molecular complexity index is 415. The van der Waals surface area contributed by atoms with Crippen molar-refractivity contribution in [3.8, 4) is 16.9 Å². The first-order valence-electron chi connectivity index (χ1n) is 4.24. The Morgan fingerprint density at radius 2 is 2.07 bits per heavy atom. The van der Waals surface area contributed by atoms with Gasteiger partial charge in [-0.1, -0.05) is 18.2 Å². The van der Waals surface area contributed by atoms with Crippen LogP contribution in [0.3, 0.4) is 0 Å². The molecule has 1 radical (unpaired) electrons. The van der Waals surface area contributed by atoms with Gasteiger partial charge in [0, 0.05) is 11.1 Å². The minimum absolute atomic E-state index is 0.816. The molecule has 1 heterocycles. The third-order valence-corrected chi connectivity index (χ3v) is 1.93. The fourth-order valence-corrected chi connectivity index (χ4v) is 1.28. The van der Waals surface area contributed by atoms with Gasteiger partial charge >= 0.3 is 0 Å². The van der Waals surface area contributed by atoms with E-state index < -0.39 is 0 Å². The molecule has 2 rings (SSSR count). The van der Waals surface area contributed by atoms with Crippen molar-refractivity contribution >= 4 is 0 Å². The summed E-state index contributed by atoms with van der Waals surface area (Å²) >= 11 is 0. The highest BCUT2D eigenvalue weighted by Crippen LogP contribution is 2.27. The van der Waals surface area contributed by atoms with Crippen molar-refractivity contribution in [2.45, 2.75) is 0 Å². The van der Waals surface area contributed by atoms with Gasteiger partial charge < -0.3 is 4.74 Å². The predicted octanol–water partition coefficient (Wildman–Crippen LogP) is 1.95. The van der Waals surface area contributed by atoms with Gasteiger partial charge in [-0.2, -0.15) is 5.10 Å². The van der Waals surface area contributed by atoms with E-state index in [1.54, 1.807) is 13.3 Å². The van der Waals surface area contributed by atoms with Crippen LogP contribution in [0.1, 0.15) is 0 Å². The van der Waals surface area contributed by atoms with Crippen LogP contribution in [0.15, 0.2) is 36.5 Å². The van der Waals surface area contributed by atoms with Crippen LogP contribution in [0.5, 0.6) is 5.75 Å². The number of hydrogen-bond acceptors (Lipinski definition) is 3. The smallest absolute Gasteiger partial charge is 0.126 e. The van der Waals surface area contributed by atoms with Crippen molar-refractivity contribution < 1.29 is 4.74 Å². The van der Waals surface area contributed by atoms with E-state index in [-0.39, 0.29) is 0 Å². The molecule has 0 fully saturated rings. The number of benzene rings is 1. The minimum Gasteiger partial charge on any atom is -0.496 e. The first-order valence-corrected chi connectivity index (χ1v) is 4.24. The Hall–Kier alpha value is -1.90. The van der Waals surface area contributed by atoms with Gasteiger partial charge in [-0.25, -0.2) is 0 Å². The second kappa shape index (κ2) is 3.87. The number of aromatic nitrogens is 2. The van der Waals surface area contributed by atoms with E-state index in [2.05, 4.69) is 16.4 Å². The third-order valence-electron chi connectivity index (χ3n) is 1.93. The summed E-state index contributed by atoms with van der Waals surface area (Å²) in [4.78, 5) is 0. The standard InChI is InChI=1S/C11H9N2O/c1-14-11-5-3-2-4-10(11)9-6-7-12-13-8-9/h2-7H,1H3. The molecule has 1 aromatic heterocycles. The highest BCUT2D eigenvalue weighted by atomic mass is 16.5. The summed E-state index contributed by atoms with van der Waals surface area (Å²) in [6.45, 7) is 0. The first kappa shape index (κ1) is 8.69. The Morgan fingerprint density at radius 1 is 1.21 bits per heavy atom. The Morgan fingerprint density at radius 3 is 2.79 bits per heavy atom. The van der Waals surface area contributed by atoms with Gasteiger partial charge in [-0.15, -0.1) is 5.10 Å². The number of para-hydroxylation sites is 1. The molecule has 0 N–H and O–H groups in total. The molecule has 0 aliphatic heterocycles. The normalized spacial score (nSPS) is 9.79. The molecular weight excluding hydrogens is 176 g/mol. The molecule has 3 heteroatoms. The summed E-state index contributed by atoms with van der Waals surface area (Å²) in [5.41, 5.74) is 1.86. The average Bonchev–Trinajstić information content (AvgIpc) is 2.30. The SMILES string of the molecule is COc1ccccc1-c1[c]nncc1. The van der Waals surface area contributed by atoms with Crippen LogP contribution in [0.4, 0.5) is 0 Å². The van der Waals surface area contributed by atoms with Gasteiger partial charge in [0.15, 0.2) is 0 Å². The zero-order valence-corrected chi connectivity index (χ0v) is 7.77. The highest BCUT2D eigenvalue weighted by Gasteiger charge is 2.03. The molecule has 0 amide bonds. The van der Waals surface area contributed by atoms with Crippen LogP contribution in [0.2, 0.25) is 0 Å². The number of methoxy groups -OCH3 is 1. The van der Waals surface area contributed by atoms with E-state index in [9.17, 15) is 0 Å². The molecule has 0 saturated carbocycles. The molecule has 69 valence electrons. The molecule has 0 saturated heterocycles. The summed E-state index contributed by atoms with van der Waals surface area (Å²) in [5, 5.41) is 7.39. The van der Waals surface area contributed by atoms with E-state index in [0.717, 1.165) is 16.9 Å². The number of ether oxygens (including phenoxy) is 1. The molecular formula is C11H9N2O. The second-order valence-corrected chi connectivity index (χ2v) is 2.76. The van der Waals surface area contributed by atoms with Crippen LogP contribution in [0, 0.1) is 6.20 Å². The van der Waals surface area contributed by atoms with E-state index in [0.29, 0.717) is 0 Å². The molecule has 0 aliphatic rings. The molecule has 0 atom stereocenters. The summed E-state index contributed by atoms with van der Waals surface area (Å²) in [6.07, 6.45) is 4.46. The van der Waals surface area contributed by atoms with E-state index in [1.165, 1.54) is 0 Å². The van der Waals surface area contributed by atoms with E-state index in [1.807, 2.05) is 30.3 Å². The molecule has 1 aromatic carbocycles. The monoisotopic (exact) mass is 185 g/mol. The molecule has 0 unspecified atom stereocenters. The molecule has 2 aromatic rings. The van der Waals surface area contributed by atoms with Crippen molar-refractivity contribution in [3.63, 3.8) is 0 Å². The number of rotatable bonds is 2. The Kier molecular flexibility index (Phi) is 2.40. The maximum Gasteiger partial charge on any atom is 0.126 e. The van der Waals surface area contributed by atoms with Crippen LogP contribution < -0.4 is 4.74 Å². The lowest BCUT2D eigenvalue weighted by Crippen LogP contribution is -1.88. The third kappa shape index (κ3) is 1.57. The lowest BCUT2D eigenvalue weighted by atomic mass is 10.1. The lowest BCUT2D eigenvalue weighted by molar-refractivity contribution is 0.416. The Labute approximate surface area is 82.4 Å². The second-order valence-electron chi connectivity index (χ2n) is 2.76. The quantitative estimate of drug-likeness (QED) is 0.717. The summed E-state index contributed by atoms with van der Waals surface area (Å²) in [5.74, 6) is 0.816. The summed E-state index contributed by atoms with van der Waals surface area (Å²) in [7, 11) is 1.65. The van der Waals surface area contributed by atoms with Gasteiger partial charge in [-0.05, 0) is 12.1 Å². The predicted molar refractivity (Wildman–Crippen MR) is 52.9 cm³/mol. The molecule has 3 nitrogen and oxygen atoms in total. The van der Waals surface area contributed by atoms with Crippen molar-refractivity contribution in [2.75, 3.05) is 7.11 Å². The van der Waals surface area contributed by atoms with Gasteiger partial charge in [-0.3, -0.25) is 0 Å². The van der Waals surface area contributed by atoms with Crippen LogP contribution >= 0.6 is 0 Å². The average molecular weight is 185 g/mol. The maximum atomic E-state index is 5.23. The maximum absolute atomic E-state index is 5.23. The first-order chi connectivity index (χ1) is 6.92. The van der Waals surface area contributed by atoms with Crippen LogP contribution in [-0.2, 0) is 0 Å². The highest BCUT2D eigenvalue weighted by molar-refractivity contribution is 5.68. The van der Waals surface area contributed by atoms with Crippen LogP contribution in [-0.4, -0.2) is 17.3 Å². The van der Waals surface area contributed by atoms with Crippen molar-refractivity contribution in [3.05, 3.63) is 42.7 Å². The zero-order valence-electron chi connectivity index (χ0n) is 7.77. The number of hydrogen-bond donors (Lipinski definition) is 0. The Balaban J connectivity index is 2.51. The topological polar surface area (TPSA) is 35.0 Å². The summed E-state index contributed by atoms with van der Waals surface area (Å²) < 4.78 is 5.23. The van der Waals surface area contributed by atoms with Gasteiger partial charge in [0.2, 0.25) is 0 Å². The van der Waals surface area contributed by atoms with Gasteiger partial charge in [0.05, 0.1) is 13.3 Å². The fraction of sp³-hybridized carbons (Fsp3) is 0.0909.